The van der Waals surface area contributed by atoms with Gasteiger partial charge in [-0.05, 0) is 60.7 Å². The van der Waals surface area contributed by atoms with E-state index in [9.17, 15) is 14.4 Å². The monoisotopic (exact) mass is 454 g/mol. The molecule has 5 rings (SSSR count). The van der Waals surface area contributed by atoms with Gasteiger partial charge in [-0.1, -0.05) is 54.6 Å². The van der Waals surface area contributed by atoms with Gasteiger partial charge in [0.2, 0.25) is 5.91 Å². The molecule has 1 fully saturated rings. The predicted octanol–water partition coefficient (Wildman–Crippen LogP) is 4.19. The number of benzene rings is 3. The number of hydrogen-bond donors (Lipinski definition) is 3. The van der Waals surface area contributed by atoms with Crippen molar-refractivity contribution in [1.29, 1.82) is 0 Å². The Morgan fingerprint density at radius 3 is 2.41 bits per heavy atom. The van der Waals surface area contributed by atoms with E-state index >= 15 is 0 Å². The minimum Gasteiger partial charge on any atom is -0.379 e. The highest BCUT2D eigenvalue weighted by Gasteiger charge is 2.55. The van der Waals surface area contributed by atoms with E-state index in [1.54, 1.807) is 12.1 Å². The number of amides is 4. The molecule has 4 amide bonds. The standard InChI is InChI=1S/C27H26N4O3/c1-18(19-7-3-2-4-8-19)28-21-11-13-22(14-12-21)29-24(32)17-31-25(33)27(30-26(31)34)16-15-20-9-5-6-10-23(20)27/h2-14,18,28H,15-17H2,1H3,(H,29,32)(H,30,34). The van der Waals surface area contributed by atoms with Gasteiger partial charge in [0.15, 0.2) is 0 Å². The average molecular weight is 455 g/mol. The summed E-state index contributed by atoms with van der Waals surface area (Å²) in [5.41, 5.74) is 3.51. The number of hydrogen-bond acceptors (Lipinski definition) is 4. The second kappa shape index (κ2) is 8.67. The lowest BCUT2D eigenvalue weighted by Gasteiger charge is -2.22. The van der Waals surface area contributed by atoms with Crippen molar-refractivity contribution in [3.63, 3.8) is 0 Å². The fourth-order valence-corrected chi connectivity index (χ4v) is 4.80. The van der Waals surface area contributed by atoms with Crippen molar-refractivity contribution < 1.29 is 14.4 Å². The molecule has 7 nitrogen and oxygen atoms in total. The van der Waals surface area contributed by atoms with Crippen LogP contribution in [0.5, 0.6) is 0 Å². The summed E-state index contributed by atoms with van der Waals surface area (Å²) in [6.45, 7) is 1.75. The third-order valence-electron chi connectivity index (χ3n) is 6.58. The molecule has 1 saturated heterocycles. The normalized spacial score (nSPS) is 19.6. The first-order valence-corrected chi connectivity index (χ1v) is 11.4. The van der Waals surface area contributed by atoms with Gasteiger partial charge in [0, 0.05) is 17.4 Å². The Labute approximate surface area is 198 Å². The van der Waals surface area contributed by atoms with Crippen molar-refractivity contribution in [3.05, 3.63) is 95.6 Å². The SMILES string of the molecule is CC(Nc1ccc(NC(=O)CN2C(=O)NC3(CCc4ccccc43)C2=O)cc1)c1ccccc1. The zero-order valence-corrected chi connectivity index (χ0v) is 18.9. The predicted molar refractivity (Wildman–Crippen MR) is 130 cm³/mol. The van der Waals surface area contributed by atoms with Gasteiger partial charge >= 0.3 is 6.03 Å². The number of carbonyl (C=O) groups is 3. The van der Waals surface area contributed by atoms with Crippen LogP contribution in [0.3, 0.4) is 0 Å². The van der Waals surface area contributed by atoms with Crippen LogP contribution in [0, 0.1) is 0 Å². The lowest BCUT2D eigenvalue weighted by Crippen LogP contribution is -2.42. The van der Waals surface area contributed by atoms with Gasteiger partial charge < -0.3 is 16.0 Å². The van der Waals surface area contributed by atoms with Gasteiger partial charge in [-0.3, -0.25) is 14.5 Å². The summed E-state index contributed by atoms with van der Waals surface area (Å²) in [5, 5.41) is 9.05. The summed E-state index contributed by atoms with van der Waals surface area (Å²) in [5.74, 6) is -0.794. The van der Waals surface area contributed by atoms with Crippen molar-refractivity contribution in [2.45, 2.75) is 31.3 Å². The highest BCUT2D eigenvalue weighted by atomic mass is 16.2. The molecule has 2 atom stereocenters. The topological polar surface area (TPSA) is 90.5 Å². The first kappa shape index (κ1) is 21.7. The highest BCUT2D eigenvalue weighted by Crippen LogP contribution is 2.41. The van der Waals surface area contributed by atoms with Crippen molar-refractivity contribution >= 4 is 29.2 Å². The van der Waals surface area contributed by atoms with Crippen LogP contribution in [0.1, 0.15) is 36.1 Å². The van der Waals surface area contributed by atoms with Gasteiger partial charge in [-0.15, -0.1) is 0 Å². The lowest BCUT2D eigenvalue weighted by molar-refractivity contribution is -0.134. The molecule has 3 N–H and O–H groups in total. The Balaban J connectivity index is 1.21. The van der Waals surface area contributed by atoms with E-state index in [-0.39, 0.29) is 18.5 Å². The Morgan fingerprint density at radius 2 is 1.65 bits per heavy atom. The van der Waals surface area contributed by atoms with Crippen LogP contribution in [0.25, 0.3) is 0 Å². The van der Waals surface area contributed by atoms with E-state index in [0.717, 1.165) is 21.7 Å². The van der Waals surface area contributed by atoms with Gasteiger partial charge in [0.1, 0.15) is 12.1 Å². The lowest BCUT2D eigenvalue weighted by atomic mass is 9.92. The maximum absolute atomic E-state index is 13.2. The molecule has 7 heteroatoms. The van der Waals surface area contributed by atoms with Crippen LogP contribution in [-0.4, -0.2) is 29.3 Å². The number of rotatable bonds is 6. The van der Waals surface area contributed by atoms with Gasteiger partial charge in [0.05, 0.1) is 0 Å². The number of aryl methyl sites for hydroxylation is 1. The molecule has 3 aromatic carbocycles. The minimum absolute atomic E-state index is 0.134. The number of fused-ring (bicyclic) bond motifs is 2. The first-order chi connectivity index (χ1) is 16.5. The maximum atomic E-state index is 13.2. The van der Waals surface area contributed by atoms with E-state index in [1.165, 1.54) is 5.56 Å². The molecule has 1 aliphatic heterocycles. The molecular weight excluding hydrogens is 428 g/mol. The largest absolute Gasteiger partial charge is 0.379 e. The third-order valence-corrected chi connectivity index (χ3v) is 6.58. The molecule has 2 unspecified atom stereocenters. The van der Waals surface area contributed by atoms with Crippen molar-refractivity contribution in [3.8, 4) is 0 Å². The summed E-state index contributed by atoms with van der Waals surface area (Å²) >= 11 is 0. The first-order valence-electron chi connectivity index (χ1n) is 11.4. The Morgan fingerprint density at radius 1 is 0.971 bits per heavy atom. The molecule has 1 aliphatic carbocycles. The third kappa shape index (κ3) is 3.90. The number of carbonyl (C=O) groups excluding carboxylic acids is 3. The number of nitrogens with zero attached hydrogens (tertiary/aromatic N) is 1. The molecule has 0 saturated carbocycles. The van der Waals surface area contributed by atoms with E-state index in [4.69, 9.17) is 0 Å². The zero-order chi connectivity index (χ0) is 23.7. The maximum Gasteiger partial charge on any atom is 0.325 e. The molecule has 0 bridgehead atoms. The second-order valence-electron chi connectivity index (χ2n) is 8.79. The zero-order valence-electron chi connectivity index (χ0n) is 18.9. The van der Waals surface area contributed by atoms with E-state index in [2.05, 4.69) is 35.0 Å². The smallest absolute Gasteiger partial charge is 0.325 e. The van der Waals surface area contributed by atoms with Crippen molar-refractivity contribution in [2.75, 3.05) is 17.2 Å². The molecule has 34 heavy (non-hydrogen) atoms. The molecule has 0 radical (unpaired) electrons. The van der Waals surface area contributed by atoms with Gasteiger partial charge in [0.25, 0.3) is 5.91 Å². The summed E-state index contributed by atoms with van der Waals surface area (Å²) in [4.78, 5) is 39.5. The van der Waals surface area contributed by atoms with Gasteiger partial charge in [-0.25, -0.2) is 4.79 Å². The number of urea groups is 1. The summed E-state index contributed by atoms with van der Waals surface area (Å²) in [6.07, 6.45) is 1.22. The van der Waals surface area contributed by atoms with Crippen LogP contribution >= 0.6 is 0 Å². The molecule has 172 valence electrons. The summed E-state index contributed by atoms with van der Waals surface area (Å²) in [6, 6.07) is 24.7. The molecule has 0 aromatic heterocycles. The molecule has 3 aromatic rings. The van der Waals surface area contributed by atoms with Crippen molar-refractivity contribution in [1.82, 2.24) is 10.2 Å². The van der Waals surface area contributed by atoms with E-state index < -0.39 is 17.5 Å². The molecular formula is C27H26N4O3. The van der Waals surface area contributed by atoms with E-state index in [0.29, 0.717) is 18.5 Å². The minimum atomic E-state index is -1.06. The Hall–Kier alpha value is -4.13. The fourth-order valence-electron chi connectivity index (χ4n) is 4.80. The van der Waals surface area contributed by atoms with Crippen LogP contribution in [0.2, 0.25) is 0 Å². The highest BCUT2D eigenvalue weighted by molar-refractivity contribution is 6.10. The van der Waals surface area contributed by atoms with Crippen LogP contribution < -0.4 is 16.0 Å². The van der Waals surface area contributed by atoms with Crippen molar-refractivity contribution in [2.24, 2.45) is 0 Å². The quantitative estimate of drug-likeness (QED) is 0.487. The number of nitrogens with one attached hydrogen (secondary N) is 3. The van der Waals surface area contributed by atoms with E-state index in [1.807, 2.05) is 54.6 Å². The Kier molecular flexibility index (Phi) is 5.53. The van der Waals surface area contributed by atoms with Crippen LogP contribution in [-0.2, 0) is 21.5 Å². The average Bonchev–Trinajstić information content (AvgIpc) is 3.34. The second-order valence-corrected chi connectivity index (χ2v) is 8.79. The molecule has 1 spiro atoms. The summed E-state index contributed by atoms with van der Waals surface area (Å²) in [7, 11) is 0. The van der Waals surface area contributed by atoms with Crippen LogP contribution in [0.15, 0.2) is 78.9 Å². The number of imide groups is 1. The fraction of sp³-hybridized carbons (Fsp3) is 0.222. The molecule has 1 heterocycles. The molecule has 2 aliphatic rings. The van der Waals surface area contributed by atoms with Gasteiger partial charge in [-0.2, -0.15) is 0 Å². The Bertz CT molecular complexity index is 1240. The van der Waals surface area contributed by atoms with Crippen LogP contribution in [0.4, 0.5) is 16.2 Å². The summed E-state index contributed by atoms with van der Waals surface area (Å²) < 4.78 is 0. The number of anilines is 2.